The normalized spacial score (nSPS) is 11.6. The second-order valence-corrected chi connectivity index (χ2v) is 6.61. The van der Waals surface area contributed by atoms with Crippen LogP contribution in [-0.4, -0.2) is 66.1 Å². The lowest BCUT2D eigenvalue weighted by atomic mass is 10.2. The summed E-state index contributed by atoms with van der Waals surface area (Å²) in [6.45, 7) is 5.66. The zero-order valence-electron chi connectivity index (χ0n) is 18.2. The maximum Gasteiger partial charge on any atom is 0.0704 e. The van der Waals surface area contributed by atoms with Crippen molar-refractivity contribution in [2.24, 2.45) is 0 Å². The van der Waals surface area contributed by atoms with Gasteiger partial charge in [-0.2, -0.15) is 0 Å². The number of hydrogen-bond donors (Lipinski definition) is 0. The highest BCUT2D eigenvalue weighted by molar-refractivity contribution is 5.49. The molecule has 0 N–H and O–H groups in total. The molecule has 0 spiro atoms. The number of rotatable bonds is 18. The average molecular weight is 427 g/mol. The topological polar surface area (TPSA) is 46.2 Å². The van der Waals surface area contributed by atoms with Crippen LogP contribution in [0.1, 0.15) is 11.1 Å². The van der Waals surface area contributed by atoms with E-state index < -0.39 is 0 Å². The first kappa shape index (κ1) is 25.0. The van der Waals surface area contributed by atoms with Crippen molar-refractivity contribution in [1.29, 1.82) is 0 Å². The fraction of sp³-hybridized carbons (Fsp3) is 0.385. The zero-order chi connectivity index (χ0) is 21.7. The Bertz CT molecular complexity index is 639. The molecule has 5 nitrogen and oxygen atoms in total. The largest absolute Gasteiger partial charge is 0.377 e. The van der Waals surface area contributed by atoms with Crippen LogP contribution in [0.3, 0.4) is 0 Å². The summed E-state index contributed by atoms with van der Waals surface area (Å²) in [5.41, 5.74) is 2.35. The lowest BCUT2D eigenvalue weighted by molar-refractivity contribution is -0.00753. The molecule has 5 heteroatoms. The van der Waals surface area contributed by atoms with Gasteiger partial charge >= 0.3 is 0 Å². The zero-order valence-corrected chi connectivity index (χ0v) is 18.2. The van der Waals surface area contributed by atoms with Gasteiger partial charge in [0.1, 0.15) is 0 Å². The third kappa shape index (κ3) is 14.4. The van der Waals surface area contributed by atoms with Gasteiger partial charge < -0.3 is 23.7 Å². The number of benzene rings is 2. The Labute approximate surface area is 186 Å². The standard InChI is InChI=1S/C26H34O5/c1-3-9-25(10-4-1)13-7-15-27-17-19-29-21-23-31-24-22-30-20-18-28-16-8-14-26-11-5-2-6-12-26/h1-14H,15-24H2. The summed E-state index contributed by atoms with van der Waals surface area (Å²) >= 11 is 0. The van der Waals surface area contributed by atoms with E-state index in [1.54, 1.807) is 0 Å². The molecule has 0 aromatic heterocycles. The molecule has 2 aromatic carbocycles. The van der Waals surface area contributed by atoms with Crippen LogP contribution in [0.2, 0.25) is 0 Å². The lowest BCUT2D eigenvalue weighted by Gasteiger charge is -2.07. The van der Waals surface area contributed by atoms with E-state index in [0.29, 0.717) is 66.1 Å². The van der Waals surface area contributed by atoms with E-state index in [0.717, 1.165) is 0 Å². The highest BCUT2D eigenvalue weighted by Crippen LogP contribution is 2.01. The third-order valence-corrected chi connectivity index (χ3v) is 4.14. The van der Waals surface area contributed by atoms with Gasteiger partial charge in [0.25, 0.3) is 0 Å². The number of hydrogen-bond acceptors (Lipinski definition) is 5. The fourth-order valence-electron chi connectivity index (χ4n) is 2.58. The summed E-state index contributed by atoms with van der Waals surface area (Å²) in [7, 11) is 0. The van der Waals surface area contributed by atoms with Crippen molar-refractivity contribution in [2.75, 3.05) is 66.1 Å². The van der Waals surface area contributed by atoms with Crippen molar-refractivity contribution >= 4 is 12.2 Å². The fourth-order valence-corrected chi connectivity index (χ4v) is 2.58. The Morgan fingerprint density at radius 2 is 0.742 bits per heavy atom. The maximum absolute atomic E-state index is 5.50. The Hall–Kier alpha value is -2.28. The molecule has 0 aliphatic rings. The average Bonchev–Trinajstić information content (AvgIpc) is 2.82. The molecule has 0 fully saturated rings. The van der Waals surface area contributed by atoms with Gasteiger partial charge in [0.2, 0.25) is 0 Å². The first-order valence-corrected chi connectivity index (χ1v) is 10.8. The third-order valence-electron chi connectivity index (χ3n) is 4.14. The van der Waals surface area contributed by atoms with Crippen molar-refractivity contribution < 1.29 is 23.7 Å². The van der Waals surface area contributed by atoms with Crippen LogP contribution in [0.15, 0.2) is 72.8 Å². The predicted molar refractivity (Wildman–Crippen MR) is 125 cm³/mol. The molecule has 0 radical (unpaired) electrons. The van der Waals surface area contributed by atoms with Crippen LogP contribution >= 0.6 is 0 Å². The first-order valence-electron chi connectivity index (χ1n) is 10.8. The summed E-state index contributed by atoms with van der Waals surface area (Å²) in [4.78, 5) is 0. The van der Waals surface area contributed by atoms with E-state index in [-0.39, 0.29) is 0 Å². The summed E-state index contributed by atoms with van der Waals surface area (Å²) in [5, 5.41) is 0. The monoisotopic (exact) mass is 426 g/mol. The maximum atomic E-state index is 5.50. The SMILES string of the molecule is C(=Cc1ccccc1)COCCOCCOCCOCCOCC=Cc1ccccc1. The molecular formula is C26H34O5. The van der Waals surface area contributed by atoms with Gasteiger partial charge in [-0.15, -0.1) is 0 Å². The van der Waals surface area contributed by atoms with Gasteiger partial charge in [0, 0.05) is 0 Å². The minimum atomic E-state index is 0.554. The van der Waals surface area contributed by atoms with E-state index in [2.05, 4.69) is 24.3 Å². The molecule has 0 bridgehead atoms. The summed E-state index contributed by atoms with van der Waals surface area (Å²) in [5.74, 6) is 0. The minimum Gasteiger partial charge on any atom is -0.377 e. The number of ether oxygens (including phenoxy) is 5. The van der Waals surface area contributed by atoms with Crippen molar-refractivity contribution in [3.63, 3.8) is 0 Å². The molecule has 31 heavy (non-hydrogen) atoms. The van der Waals surface area contributed by atoms with Crippen molar-refractivity contribution in [3.8, 4) is 0 Å². The van der Waals surface area contributed by atoms with E-state index in [9.17, 15) is 0 Å². The van der Waals surface area contributed by atoms with Gasteiger partial charge in [-0.3, -0.25) is 0 Å². The second-order valence-electron chi connectivity index (χ2n) is 6.61. The van der Waals surface area contributed by atoms with Crippen LogP contribution in [-0.2, 0) is 23.7 Å². The molecule has 0 amide bonds. The van der Waals surface area contributed by atoms with Gasteiger partial charge in [0.05, 0.1) is 66.1 Å². The quantitative estimate of drug-likeness (QED) is 0.329. The summed E-state index contributed by atoms with van der Waals surface area (Å²) in [6, 6.07) is 20.3. The van der Waals surface area contributed by atoms with Gasteiger partial charge in [-0.05, 0) is 11.1 Å². The first-order chi connectivity index (χ1) is 15.4. The van der Waals surface area contributed by atoms with Crippen molar-refractivity contribution in [2.45, 2.75) is 0 Å². The second kappa shape index (κ2) is 18.5. The molecule has 0 atom stereocenters. The van der Waals surface area contributed by atoms with E-state index in [1.807, 2.05) is 60.7 Å². The lowest BCUT2D eigenvalue weighted by Crippen LogP contribution is -2.13. The molecule has 0 unspecified atom stereocenters. The molecule has 0 aliphatic carbocycles. The van der Waals surface area contributed by atoms with Gasteiger partial charge in [-0.1, -0.05) is 85.0 Å². The van der Waals surface area contributed by atoms with E-state index in [1.165, 1.54) is 11.1 Å². The van der Waals surface area contributed by atoms with Gasteiger partial charge in [0.15, 0.2) is 0 Å². The Kier molecular flexibility index (Phi) is 14.9. The minimum absolute atomic E-state index is 0.554. The van der Waals surface area contributed by atoms with Crippen LogP contribution in [0.5, 0.6) is 0 Å². The van der Waals surface area contributed by atoms with Crippen molar-refractivity contribution in [3.05, 3.63) is 83.9 Å². The highest BCUT2D eigenvalue weighted by atomic mass is 16.6. The van der Waals surface area contributed by atoms with Crippen LogP contribution in [0.4, 0.5) is 0 Å². The highest BCUT2D eigenvalue weighted by Gasteiger charge is 1.93. The Morgan fingerprint density at radius 1 is 0.419 bits per heavy atom. The summed E-state index contributed by atoms with van der Waals surface area (Å²) < 4.78 is 27.4. The molecule has 0 aliphatic heterocycles. The molecule has 168 valence electrons. The summed E-state index contributed by atoms with van der Waals surface area (Å²) in [6.07, 6.45) is 8.10. The van der Waals surface area contributed by atoms with E-state index >= 15 is 0 Å². The molecule has 0 saturated heterocycles. The molecule has 0 heterocycles. The van der Waals surface area contributed by atoms with E-state index in [4.69, 9.17) is 23.7 Å². The Morgan fingerprint density at radius 3 is 1.10 bits per heavy atom. The Balaban J connectivity index is 1.26. The molecular weight excluding hydrogens is 392 g/mol. The van der Waals surface area contributed by atoms with Gasteiger partial charge in [-0.25, -0.2) is 0 Å². The predicted octanol–water partition coefficient (Wildman–Crippen LogP) is 4.50. The molecule has 0 saturated carbocycles. The van der Waals surface area contributed by atoms with Crippen molar-refractivity contribution in [1.82, 2.24) is 0 Å². The van der Waals surface area contributed by atoms with Crippen LogP contribution in [0, 0.1) is 0 Å². The smallest absolute Gasteiger partial charge is 0.0704 e. The molecule has 2 aromatic rings. The van der Waals surface area contributed by atoms with Crippen LogP contribution < -0.4 is 0 Å². The molecule has 2 rings (SSSR count). The van der Waals surface area contributed by atoms with Crippen LogP contribution in [0.25, 0.3) is 12.2 Å².